The van der Waals surface area contributed by atoms with Gasteiger partial charge in [0.25, 0.3) is 0 Å². The highest BCUT2D eigenvalue weighted by Crippen LogP contribution is 2.31. The first-order chi connectivity index (χ1) is 9.24. The maximum Gasteiger partial charge on any atom is 0.416 e. The van der Waals surface area contributed by atoms with E-state index in [9.17, 15) is 13.2 Å². The highest BCUT2D eigenvalue weighted by atomic mass is 35.5. The van der Waals surface area contributed by atoms with Crippen molar-refractivity contribution >= 4 is 17.4 Å². The zero-order valence-electron chi connectivity index (χ0n) is 11.8. The maximum absolute atomic E-state index is 12.6. The lowest BCUT2D eigenvalue weighted by molar-refractivity contribution is -0.137. The van der Waals surface area contributed by atoms with Gasteiger partial charge in [-0.05, 0) is 32.5 Å². The van der Waals surface area contributed by atoms with Crippen molar-refractivity contribution in [1.82, 2.24) is 9.88 Å². The Morgan fingerprint density at radius 3 is 2.60 bits per heavy atom. The summed E-state index contributed by atoms with van der Waals surface area (Å²) in [6.45, 7) is 5.40. The molecule has 0 spiro atoms. The number of rotatable bonds is 6. The molecule has 1 N–H and O–H groups in total. The molecule has 0 radical (unpaired) electrons. The molecule has 0 aromatic carbocycles. The van der Waals surface area contributed by atoms with E-state index in [0.29, 0.717) is 19.1 Å². The highest BCUT2D eigenvalue weighted by molar-refractivity contribution is 6.29. The third-order valence-electron chi connectivity index (χ3n) is 3.24. The molecular weight excluding hydrogens is 291 g/mol. The van der Waals surface area contributed by atoms with Crippen LogP contribution in [0.2, 0.25) is 5.15 Å². The molecule has 1 aromatic rings. The molecular formula is C13H19ClF3N3. The van der Waals surface area contributed by atoms with Gasteiger partial charge >= 0.3 is 6.18 Å². The first kappa shape index (κ1) is 17.0. The summed E-state index contributed by atoms with van der Waals surface area (Å²) in [5, 5.41) is 2.70. The van der Waals surface area contributed by atoms with Gasteiger partial charge in [-0.25, -0.2) is 4.98 Å². The Morgan fingerprint density at radius 1 is 1.40 bits per heavy atom. The van der Waals surface area contributed by atoms with Crippen molar-refractivity contribution in [2.24, 2.45) is 0 Å². The molecule has 1 unspecified atom stereocenters. The minimum Gasteiger partial charge on any atom is -0.369 e. The number of nitrogens with one attached hydrogen (secondary N) is 1. The number of hydrogen-bond acceptors (Lipinski definition) is 3. The average molecular weight is 310 g/mol. The van der Waals surface area contributed by atoms with Gasteiger partial charge in [0.15, 0.2) is 0 Å². The summed E-state index contributed by atoms with van der Waals surface area (Å²) in [6.07, 6.45) is -3.40. The van der Waals surface area contributed by atoms with Crippen molar-refractivity contribution in [2.75, 3.05) is 25.5 Å². The lowest BCUT2D eigenvalue weighted by Crippen LogP contribution is -2.32. The monoisotopic (exact) mass is 309 g/mol. The van der Waals surface area contributed by atoms with Gasteiger partial charge in [0.1, 0.15) is 11.0 Å². The van der Waals surface area contributed by atoms with Crippen molar-refractivity contribution in [3.05, 3.63) is 22.8 Å². The molecule has 114 valence electrons. The molecule has 0 aliphatic heterocycles. The third kappa shape index (κ3) is 5.17. The molecule has 1 atom stereocenters. The Labute approximate surface area is 122 Å². The van der Waals surface area contributed by atoms with Crippen molar-refractivity contribution in [1.29, 1.82) is 0 Å². The number of alkyl halides is 3. The minimum atomic E-state index is -4.42. The van der Waals surface area contributed by atoms with Crippen LogP contribution in [0.1, 0.15) is 25.8 Å². The van der Waals surface area contributed by atoms with E-state index in [-0.39, 0.29) is 11.0 Å². The van der Waals surface area contributed by atoms with Crippen LogP contribution in [0, 0.1) is 0 Å². The van der Waals surface area contributed by atoms with Crippen LogP contribution >= 0.6 is 11.6 Å². The molecule has 0 aliphatic carbocycles. The van der Waals surface area contributed by atoms with Gasteiger partial charge in [0.2, 0.25) is 0 Å². The Hall–Kier alpha value is -1.01. The summed E-state index contributed by atoms with van der Waals surface area (Å²) in [5.41, 5.74) is -0.796. The molecule has 0 fully saturated rings. The largest absolute Gasteiger partial charge is 0.416 e. The van der Waals surface area contributed by atoms with Crippen LogP contribution < -0.4 is 5.32 Å². The van der Waals surface area contributed by atoms with Gasteiger partial charge in [-0.3, -0.25) is 0 Å². The minimum absolute atomic E-state index is 0.141. The second-order valence-electron chi connectivity index (χ2n) is 4.73. The van der Waals surface area contributed by atoms with Gasteiger partial charge < -0.3 is 10.2 Å². The van der Waals surface area contributed by atoms with Gasteiger partial charge in [0, 0.05) is 19.1 Å². The number of aromatic nitrogens is 1. The predicted molar refractivity (Wildman–Crippen MR) is 75.1 cm³/mol. The lowest BCUT2D eigenvalue weighted by Gasteiger charge is -2.23. The highest BCUT2D eigenvalue weighted by Gasteiger charge is 2.31. The topological polar surface area (TPSA) is 28.2 Å². The number of nitrogens with zero attached hydrogens (tertiary/aromatic N) is 2. The van der Waals surface area contributed by atoms with E-state index in [4.69, 9.17) is 11.6 Å². The number of pyridine rings is 1. The van der Waals surface area contributed by atoms with Gasteiger partial charge in [0.05, 0.1) is 5.56 Å². The smallest absolute Gasteiger partial charge is 0.369 e. The van der Waals surface area contributed by atoms with E-state index >= 15 is 0 Å². The van der Waals surface area contributed by atoms with Crippen molar-refractivity contribution < 1.29 is 13.2 Å². The van der Waals surface area contributed by atoms with E-state index in [1.54, 1.807) is 0 Å². The molecule has 1 heterocycles. The molecule has 7 heteroatoms. The summed E-state index contributed by atoms with van der Waals surface area (Å²) >= 11 is 5.61. The van der Waals surface area contributed by atoms with Crippen molar-refractivity contribution in [2.45, 2.75) is 32.5 Å². The molecule has 20 heavy (non-hydrogen) atoms. The van der Waals surface area contributed by atoms with Crippen LogP contribution in [0.3, 0.4) is 0 Å². The van der Waals surface area contributed by atoms with Crippen molar-refractivity contribution in [3.8, 4) is 0 Å². The molecule has 0 bridgehead atoms. The summed E-state index contributed by atoms with van der Waals surface area (Å²) in [6, 6.07) is 2.21. The molecule has 1 aromatic heterocycles. The summed E-state index contributed by atoms with van der Waals surface area (Å²) in [5.74, 6) is 0.141. The van der Waals surface area contributed by atoms with Crippen LogP contribution in [0.25, 0.3) is 0 Å². The fourth-order valence-electron chi connectivity index (χ4n) is 1.64. The first-order valence-electron chi connectivity index (χ1n) is 6.43. The lowest BCUT2D eigenvalue weighted by atomic mass is 10.2. The van der Waals surface area contributed by atoms with Crippen LogP contribution in [-0.4, -0.2) is 36.1 Å². The molecule has 0 amide bonds. The number of likely N-dealkylation sites (N-methyl/N-ethyl adjacent to an activating group) is 1. The summed E-state index contributed by atoms with van der Waals surface area (Å²) in [7, 11) is 1.97. The molecule has 0 aliphatic rings. The molecule has 1 rings (SSSR count). The second kappa shape index (κ2) is 7.13. The zero-order chi connectivity index (χ0) is 15.3. The van der Waals surface area contributed by atoms with E-state index in [1.807, 2.05) is 7.05 Å². The Morgan fingerprint density at radius 2 is 2.05 bits per heavy atom. The van der Waals surface area contributed by atoms with Crippen LogP contribution in [0.15, 0.2) is 12.1 Å². The van der Waals surface area contributed by atoms with Gasteiger partial charge in [-0.1, -0.05) is 18.5 Å². The Balaban J connectivity index is 2.63. The second-order valence-corrected chi connectivity index (χ2v) is 5.11. The predicted octanol–water partition coefficient (Wildman–Crippen LogP) is 3.90. The number of halogens is 4. The molecule has 0 saturated carbocycles. The summed E-state index contributed by atoms with van der Waals surface area (Å²) in [4.78, 5) is 5.97. The fraction of sp³-hybridized carbons (Fsp3) is 0.615. The Bertz CT molecular complexity index is 437. The molecule has 0 saturated heterocycles. The zero-order valence-corrected chi connectivity index (χ0v) is 12.5. The molecule has 3 nitrogen and oxygen atoms in total. The Kier molecular flexibility index (Phi) is 6.07. The van der Waals surface area contributed by atoms with Crippen LogP contribution in [-0.2, 0) is 6.18 Å². The fourth-order valence-corrected chi connectivity index (χ4v) is 1.85. The number of anilines is 1. The van der Waals surface area contributed by atoms with Crippen molar-refractivity contribution in [3.63, 3.8) is 0 Å². The van der Waals surface area contributed by atoms with E-state index in [1.165, 1.54) is 0 Å². The van der Waals surface area contributed by atoms with E-state index in [2.05, 4.69) is 29.0 Å². The van der Waals surface area contributed by atoms with Crippen LogP contribution in [0.4, 0.5) is 19.0 Å². The normalized spacial score (nSPS) is 13.6. The first-order valence-corrected chi connectivity index (χ1v) is 6.80. The average Bonchev–Trinajstić information content (AvgIpc) is 2.36. The quantitative estimate of drug-likeness (QED) is 0.808. The third-order valence-corrected chi connectivity index (χ3v) is 3.43. The summed E-state index contributed by atoms with van der Waals surface area (Å²) < 4.78 is 37.9. The standard InChI is InChI=1S/C13H19ClF3N3/c1-4-9(2)20(3)6-5-18-12-8-10(13(15,16)17)7-11(14)19-12/h7-9H,4-6H2,1-3H3,(H,18,19). The van der Waals surface area contributed by atoms with Gasteiger partial charge in [-0.2, -0.15) is 13.2 Å². The van der Waals surface area contributed by atoms with Gasteiger partial charge in [-0.15, -0.1) is 0 Å². The van der Waals surface area contributed by atoms with E-state index < -0.39 is 11.7 Å². The van der Waals surface area contributed by atoms with E-state index in [0.717, 1.165) is 18.6 Å². The maximum atomic E-state index is 12.6. The van der Waals surface area contributed by atoms with Crippen LogP contribution in [0.5, 0.6) is 0 Å². The SMILES string of the molecule is CCC(C)N(C)CCNc1cc(C(F)(F)F)cc(Cl)n1. The number of hydrogen-bond donors (Lipinski definition) is 1.